The van der Waals surface area contributed by atoms with Crippen LogP contribution in [0.3, 0.4) is 0 Å². The highest BCUT2D eigenvalue weighted by Gasteiger charge is 2.52. The molecule has 4 aliphatic rings. The van der Waals surface area contributed by atoms with Gasteiger partial charge in [-0.1, -0.05) is 25.7 Å². The summed E-state index contributed by atoms with van der Waals surface area (Å²) in [6.45, 7) is 6.51. The molecule has 1 saturated heterocycles. The Hall–Kier alpha value is -0.0800. The quantitative estimate of drug-likeness (QED) is 0.848. The van der Waals surface area contributed by atoms with Gasteiger partial charge in [-0.05, 0) is 57.3 Å². The summed E-state index contributed by atoms with van der Waals surface area (Å²) in [6, 6.07) is 0. The molecule has 20 heavy (non-hydrogen) atoms. The van der Waals surface area contributed by atoms with E-state index >= 15 is 0 Å². The number of hydrogen-bond donors (Lipinski definition) is 1. The Bertz CT molecular complexity index is 350. The molecule has 0 amide bonds. The van der Waals surface area contributed by atoms with Gasteiger partial charge in [-0.2, -0.15) is 0 Å². The summed E-state index contributed by atoms with van der Waals surface area (Å²) in [4.78, 5) is 2.98. The summed E-state index contributed by atoms with van der Waals surface area (Å²) in [5.74, 6) is 1.97. The monoisotopic (exact) mass is 276 g/mol. The molecular formula is C18H32N2. The lowest BCUT2D eigenvalue weighted by atomic mass is 9.83. The van der Waals surface area contributed by atoms with E-state index in [1.807, 2.05) is 0 Å². The van der Waals surface area contributed by atoms with Crippen LogP contribution in [-0.4, -0.2) is 35.6 Å². The molecule has 0 radical (unpaired) electrons. The molecule has 0 aromatic carbocycles. The molecule has 114 valence electrons. The molecule has 1 heterocycles. The molecule has 2 nitrogen and oxygen atoms in total. The van der Waals surface area contributed by atoms with E-state index in [1.165, 1.54) is 83.8 Å². The first-order chi connectivity index (χ1) is 9.70. The van der Waals surface area contributed by atoms with Gasteiger partial charge in [0.15, 0.2) is 0 Å². The highest BCUT2D eigenvalue weighted by Crippen LogP contribution is 2.46. The van der Waals surface area contributed by atoms with Crippen molar-refractivity contribution < 1.29 is 0 Å². The highest BCUT2D eigenvalue weighted by atomic mass is 15.3. The SMILES string of the molecule is CC1(C2CC2)CN(CC2CCCC2)C2(CCCC2)CN1. The molecule has 1 N–H and O–H groups in total. The van der Waals surface area contributed by atoms with Crippen LogP contribution in [0.5, 0.6) is 0 Å². The molecule has 1 spiro atoms. The second-order valence-corrected chi connectivity index (χ2v) is 8.51. The van der Waals surface area contributed by atoms with Crippen LogP contribution >= 0.6 is 0 Å². The first-order valence-corrected chi connectivity index (χ1v) is 9.20. The van der Waals surface area contributed by atoms with E-state index < -0.39 is 0 Å². The number of nitrogens with zero attached hydrogens (tertiary/aromatic N) is 1. The zero-order chi connectivity index (χ0) is 13.6. The van der Waals surface area contributed by atoms with Crippen molar-refractivity contribution in [3.05, 3.63) is 0 Å². The fourth-order valence-corrected chi connectivity index (χ4v) is 5.38. The molecule has 2 heteroatoms. The lowest BCUT2D eigenvalue weighted by molar-refractivity contribution is -0.00450. The summed E-state index contributed by atoms with van der Waals surface area (Å²) in [7, 11) is 0. The Morgan fingerprint density at radius 3 is 2.35 bits per heavy atom. The summed E-state index contributed by atoms with van der Waals surface area (Å²) in [5, 5.41) is 4.00. The van der Waals surface area contributed by atoms with Crippen molar-refractivity contribution in [1.82, 2.24) is 10.2 Å². The molecular weight excluding hydrogens is 244 g/mol. The maximum atomic E-state index is 4.00. The largest absolute Gasteiger partial charge is 0.308 e. The lowest BCUT2D eigenvalue weighted by Gasteiger charge is -2.53. The van der Waals surface area contributed by atoms with E-state index in [0.29, 0.717) is 11.1 Å². The van der Waals surface area contributed by atoms with Crippen LogP contribution in [0.2, 0.25) is 0 Å². The topological polar surface area (TPSA) is 15.3 Å². The van der Waals surface area contributed by atoms with Crippen molar-refractivity contribution in [3.8, 4) is 0 Å². The van der Waals surface area contributed by atoms with Crippen molar-refractivity contribution >= 4 is 0 Å². The molecule has 0 aromatic rings. The average molecular weight is 276 g/mol. The van der Waals surface area contributed by atoms with Crippen molar-refractivity contribution in [3.63, 3.8) is 0 Å². The van der Waals surface area contributed by atoms with Crippen LogP contribution in [-0.2, 0) is 0 Å². The number of hydrogen-bond acceptors (Lipinski definition) is 2. The minimum atomic E-state index is 0.423. The Balaban J connectivity index is 1.51. The Kier molecular flexibility index (Phi) is 3.38. The van der Waals surface area contributed by atoms with Gasteiger partial charge in [0.1, 0.15) is 0 Å². The van der Waals surface area contributed by atoms with Gasteiger partial charge in [0.05, 0.1) is 0 Å². The first-order valence-electron chi connectivity index (χ1n) is 9.20. The van der Waals surface area contributed by atoms with Crippen LogP contribution in [0.1, 0.15) is 71.1 Å². The second-order valence-electron chi connectivity index (χ2n) is 8.51. The second kappa shape index (κ2) is 4.98. The van der Waals surface area contributed by atoms with Gasteiger partial charge in [-0.15, -0.1) is 0 Å². The van der Waals surface area contributed by atoms with E-state index in [9.17, 15) is 0 Å². The fourth-order valence-electron chi connectivity index (χ4n) is 5.38. The summed E-state index contributed by atoms with van der Waals surface area (Å²) in [6.07, 6.45) is 14.7. The molecule has 1 unspecified atom stereocenters. The molecule has 3 aliphatic carbocycles. The van der Waals surface area contributed by atoms with Crippen molar-refractivity contribution in [2.75, 3.05) is 19.6 Å². The Morgan fingerprint density at radius 1 is 1.00 bits per heavy atom. The van der Waals surface area contributed by atoms with Crippen LogP contribution in [0.4, 0.5) is 0 Å². The summed E-state index contributed by atoms with van der Waals surface area (Å²) < 4.78 is 0. The van der Waals surface area contributed by atoms with Crippen molar-refractivity contribution in [2.24, 2.45) is 11.8 Å². The van der Waals surface area contributed by atoms with Crippen molar-refractivity contribution in [1.29, 1.82) is 0 Å². The standard InChI is InChI=1S/C18H32N2/c1-17(16-8-9-16)14-20(12-15-6-2-3-7-15)18(13-19-17)10-4-5-11-18/h15-16,19H,2-14H2,1H3. The van der Waals surface area contributed by atoms with E-state index in [1.54, 1.807) is 0 Å². The van der Waals surface area contributed by atoms with E-state index in [0.717, 1.165) is 11.8 Å². The smallest absolute Gasteiger partial charge is 0.0335 e. The van der Waals surface area contributed by atoms with Crippen molar-refractivity contribution in [2.45, 2.75) is 82.2 Å². The predicted octanol–water partition coefficient (Wildman–Crippen LogP) is 3.56. The third-order valence-corrected chi connectivity index (χ3v) is 6.98. The van der Waals surface area contributed by atoms with Crippen LogP contribution < -0.4 is 5.32 Å². The molecule has 3 saturated carbocycles. The zero-order valence-corrected chi connectivity index (χ0v) is 13.3. The highest BCUT2D eigenvalue weighted by molar-refractivity contribution is 5.10. The van der Waals surface area contributed by atoms with Crippen LogP contribution in [0.15, 0.2) is 0 Å². The maximum Gasteiger partial charge on any atom is 0.0335 e. The lowest BCUT2D eigenvalue weighted by Crippen LogP contribution is -2.69. The van der Waals surface area contributed by atoms with Gasteiger partial charge < -0.3 is 5.32 Å². The van der Waals surface area contributed by atoms with E-state index in [4.69, 9.17) is 0 Å². The molecule has 4 rings (SSSR count). The summed E-state index contributed by atoms with van der Waals surface area (Å²) >= 11 is 0. The number of rotatable bonds is 3. The van der Waals surface area contributed by atoms with Crippen LogP contribution in [0, 0.1) is 11.8 Å². The average Bonchev–Trinajstić information content (AvgIpc) is 2.99. The van der Waals surface area contributed by atoms with E-state index in [-0.39, 0.29) is 0 Å². The first kappa shape index (κ1) is 13.6. The third kappa shape index (κ3) is 2.33. The minimum absolute atomic E-state index is 0.423. The summed E-state index contributed by atoms with van der Waals surface area (Å²) in [5.41, 5.74) is 0.962. The van der Waals surface area contributed by atoms with Gasteiger partial charge in [0.2, 0.25) is 0 Å². The van der Waals surface area contributed by atoms with Gasteiger partial charge in [-0.25, -0.2) is 0 Å². The predicted molar refractivity (Wildman–Crippen MR) is 83.9 cm³/mol. The Labute approximate surface area is 124 Å². The number of piperazine rings is 1. The molecule has 4 fully saturated rings. The minimum Gasteiger partial charge on any atom is -0.308 e. The Morgan fingerprint density at radius 2 is 1.70 bits per heavy atom. The van der Waals surface area contributed by atoms with E-state index in [2.05, 4.69) is 17.1 Å². The van der Waals surface area contributed by atoms with Gasteiger partial charge in [0.25, 0.3) is 0 Å². The van der Waals surface area contributed by atoms with Gasteiger partial charge in [-0.3, -0.25) is 4.90 Å². The van der Waals surface area contributed by atoms with Gasteiger partial charge in [0, 0.05) is 30.7 Å². The van der Waals surface area contributed by atoms with Gasteiger partial charge >= 0.3 is 0 Å². The molecule has 1 atom stereocenters. The fraction of sp³-hybridized carbons (Fsp3) is 1.00. The molecule has 0 bridgehead atoms. The maximum absolute atomic E-state index is 4.00. The molecule has 1 aliphatic heterocycles. The third-order valence-electron chi connectivity index (χ3n) is 6.98. The number of nitrogens with one attached hydrogen (secondary N) is 1. The normalized spacial score (nSPS) is 38.9. The van der Waals surface area contributed by atoms with Crippen LogP contribution in [0.25, 0.3) is 0 Å². The molecule has 0 aromatic heterocycles. The zero-order valence-electron chi connectivity index (χ0n) is 13.3.